The molecule has 136 valence electrons. The Balaban J connectivity index is 1.76. The number of para-hydroxylation sites is 2. The van der Waals surface area contributed by atoms with Gasteiger partial charge in [-0.25, -0.2) is 0 Å². The second-order valence-electron chi connectivity index (χ2n) is 6.53. The number of benzene rings is 2. The lowest BCUT2D eigenvalue weighted by atomic mass is 10.1. The first-order valence-electron chi connectivity index (χ1n) is 8.78. The molecule has 6 heteroatoms. The van der Waals surface area contributed by atoms with Crippen LogP contribution in [0.2, 0.25) is 0 Å². The molecule has 4 aromatic rings. The number of hydrogen-bond acceptors (Lipinski definition) is 2. The Morgan fingerprint density at radius 2 is 1.04 bits per heavy atom. The zero-order chi connectivity index (χ0) is 19.0. The van der Waals surface area contributed by atoms with E-state index in [1.54, 1.807) is 9.36 Å². The van der Waals surface area contributed by atoms with Crippen LogP contribution in [0.5, 0.6) is 0 Å². The molecular weight excluding hydrogens is 340 g/mol. The Morgan fingerprint density at radius 3 is 1.41 bits per heavy atom. The van der Waals surface area contributed by atoms with Crippen LogP contribution in [-0.2, 0) is 6.42 Å². The Kier molecular flexibility index (Phi) is 4.16. The van der Waals surface area contributed by atoms with Crippen molar-refractivity contribution in [1.82, 2.24) is 19.6 Å². The monoisotopic (exact) mass is 360 g/mol. The zero-order valence-electron chi connectivity index (χ0n) is 15.2. The fraction of sp³-hybridized carbons (Fsp3) is 0.143. The van der Waals surface area contributed by atoms with Crippen molar-refractivity contribution in [2.45, 2.75) is 20.3 Å². The highest BCUT2D eigenvalue weighted by atomic mass is 16.1. The third-order valence-electron chi connectivity index (χ3n) is 4.90. The van der Waals surface area contributed by atoms with Crippen LogP contribution in [0.4, 0.5) is 0 Å². The average Bonchev–Trinajstić information content (AvgIpc) is 3.14. The highest BCUT2D eigenvalue weighted by molar-refractivity contribution is 5.39. The highest BCUT2D eigenvalue weighted by Crippen LogP contribution is 2.16. The molecule has 0 saturated heterocycles. The molecule has 0 aliphatic heterocycles. The predicted molar refractivity (Wildman–Crippen MR) is 105 cm³/mol. The van der Waals surface area contributed by atoms with Crippen LogP contribution in [0.25, 0.3) is 11.4 Å². The minimum Gasteiger partial charge on any atom is -0.268 e. The van der Waals surface area contributed by atoms with Gasteiger partial charge in [-0.15, -0.1) is 0 Å². The molecule has 4 rings (SSSR count). The molecule has 0 aliphatic rings. The molecule has 0 unspecified atom stereocenters. The van der Waals surface area contributed by atoms with E-state index >= 15 is 0 Å². The van der Waals surface area contributed by atoms with E-state index in [2.05, 4.69) is 10.2 Å². The summed E-state index contributed by atoms with van der Waals surface area (Å²) in [6.45, 7) is 3.77. The number of nitrogens with one attached hydrogen (secondary N) is 2. The molecule has 0 aliphatic carbocycles. The molecular formula is C21H20N4O2. The van der Waals surface area contributed by atoms with E-state index in [4.69, 9.17) is 0 Å². The Labute approximate surface area is 155 Å². The van der Waals surface area contributed by atoms with Gasteiger partial charge in [0.05, 0.1) is 11.4 Å². The van der Waals surface area contributed by atoms with Gasteiger partial charge in [-0.3, -0.25) is 29.2 Å². The van der Waals surface area contributed by atoms with Gasteiger partial charge in [0.15, 0.2) is 0 Å². The van der Waals surface area contributed by atoms with E-state index in [1.165, 1.54) is 0 Å². The van der Waals surface area contributed by atoms with E-state index in [-0.39, 0.29) is 17.5 Å². The molecule has 2 aromatic heterocycles. The van der Waals surface area contributed by atoms with Crippen LogP contribution in [0.3, 0.4) is 0 Å². The summed E-state index contributed by atoms with van der Waals surface area (Å²) >= 11 is 0. The SMILES string of the molecule is Cc1c(Cc2c(C)n(-c3ccccc3)[nH]c2=O)c(=O)[nH]n1-c1ccccc1. The lowest BCUT2D eigenvalue weighted by Crippen LogP contribution is -2.13. The summed E-state index contributed by atoms with van der Waals surface area (Å²) in [5.74, 6) is 0. The largest absolute Gasteiger partial charge is 0.268 e. The minimum atomic E-state index is -0.178. The van der Waals surface area contributed by atoms with Crippen molar-refractivity contribution in [2.75, 3.05) is 0 Å². The molecule has 0 radical (unpaired) electrons. The molecule has 2 heterocycles. The summed E-state index contributed by atoms with van der Waals surface area (Å²) in [5.41, 5.74) is 4.20. The van der Waals surface area contributed by atoms with Crippen LogP contribution in [-0.4, -0.2) is 19.6 Å². The summed E-state index contributed by atoms with van der Waals surface area (Å²) in [4.78, 5) is 25.1. The van der Waals surface area contributed by atoms with E-state index in [0.29, 0.717) is 11.1 Å². The van der Waals surface area contributed by atoms with Gasteiger partial charge < -0.3 is 0 Å². The van der Waals surface area contributed by atoms with Gasteiger partial charge >= 0.3 is 0 Å². The topological polar surface area (TPSA) is 75.6 Å². The Morgan fingerprint density at radius 1 is 0.667 bits per heavy atom. The van der Waals surface area contributed by atoms with Crippen molar-refractivity contribution in [3.63, 3.8) is 0 Å². The number of hydrogen-bond donors (Lipinski definition) is 2. The normalized spacial score (nSPS) is 11.0. The maximum absolute atomic E-state index is 12.5. The minimum absolute atomic E-state index is 0.178. The number of H-pyrrole nitrogens is 2. The fourth-order valence-electron chi connectivity index (χ4n) is 3.37. The third-order valence-corrected chi connectivity index (χ3v) is 4.90. The van der Waals surface area contributed by atoms with Crippen LogP contribution in [0, 0.1) is 13.8 Å². The van der Waals surface area contributed by atoms with Gasteiger partial charge in [0.1, 0.15) is 0 Å². The van der Waals surface area contributed by atoms with E-state index in [0.717, 1.165) is 22.8 Å². The predicted octanol–water partition coefficient (Wildman–Crippen LogP) is 2.85. The number of nitrogens with zero attached hydrogens (tertiary/aromatic N) is 2. The summed E-state index contributed by atoms with van der Waals surface area (Å²) in [6.07, 6.45) is 0.280. The Bertz CT molecular complexity index is 1100. The second-order valence-corrected chi connectivity index (χ2v) is 6.53. The molecule has 0 saturated carbocycles. The van der Waals surface area contributed by atoms with E-state index < -0.39 is 0 Å². The van der Waals surface area contributed by atoms with E-state index in [9.17, 15) is 9.59 Å². The van der Waals surface area contributed by atoms with Gasteiger partial charge in [-0.05, 0) is 38.1 Å². The van der Waals surface area contributed by atoms with Gasteiger partial charge in [0.2, 0.25) is 0 Å². The van der Waals surface area contributed by atoms with Crippen molar-refractivity contribution in [1.29, 1.82) is 0 Å². The zero-order valence-corrected chi connectivity index (χ0v) is 15.2. The van der Waals surface area contributed by atoms with Gasteiger partial charge in [0, 0.05) is 28.9 Å². The van der Waals surface area contributed by atoms with Crippen molar-refractivity contribution in [3.05, 3.63) is 104 Å². The van der Waals surface area contributed by atoms with Crippen molar-refractivity contribution < 1.29 is 0 Å². The van der Waals surface area contributed by atoms with Crippen molar-refractivity contribution in [2.24, 2.45) is 0 Å². The quantitative estimate of drug-likeness (QED) is 0.587. The second kappa shape index (κ2) is 6.64. The smallest absolute Gasteiger partial charge is 0.268 e. The van der Waals surface area contributed by atoms with Crippen LogP contribution in [0.1, 0.15) is 22.5 Å². The molecule has 0 bridgehead atoms. The molecule has 0 spiro atoms. The van der Waals surface area contributed by atoms with Gasteiger partial charge in [-0.1, -0.05) is 36.4 Å². The summed E-state index contributed by atoms with van der Waals surface area (Å²) in [5, 5.41) is 5.74. The summed E-state index contributed by atoms with van der Waals surface area (Å²) < 4.78 is 3.52. The summed E-state index contributed by atoms with van der Waals surface area (Å²) in [7, 11) is 0. The highest BCUT2D eigenvalue weighted by Gasteiger charge is 2.18. The molecule has 0 fully saturated rings. The van der Waals surface area contributed by atoms with Gasteiger partial charge in [-0.2, -0.15) is 0 Å². The maximum Gasteiger partial charge on any atom is 0.268 e. The first kappa shape index (κ1) is 16.9. The van der Waals surface area contributed by atoms with E-state index in [1.807, 2.05) is 74.5 Å². The summed E-state index contributed by atoms with van der Waals surface area (Å²) in [6, 6.07) is 19.2. The average molecular weight is 360 g/mol. The van der Waals surface area contributed by atoms with Crippen LogP contribution < -0.4 is 11.1 Å². The number of aromatic amines is 2. The standard InChI is InChI=1S/C21H20N4O2/c1-14-18(20(26)22-24(14)16-9-5-3-6-10-16)13-19-15(2)25(23-21(19)27)17-11-7-4-8-12-17/h3-12H,13H2,1-2H3,(H,22,26)(H,23,27). The number of aromatic nitrogens is 4. The first-order valence-corrected chi connectivity index (χ1v) is 8.78. The Hall–Kier alpha value is -3.54. The molecule has 2 N–H and O–H groups in total. The lowest BCUT2D eigenvalue weighted by Gasteiger charge is -2.07. The molecule has 2 aromatic carbocycles. The maximum atomic E-state index is 12.5. The molecule has 0 amide bonds. The molecule has 6 nitrogen and oxygen atoms in total. The van der Waals surface area contributed by atoms with Crippen molar-refractivity contribution in [3.8, 4) is 11.4 Å². The molecule has 0 atom stereocenters. The van der Waals surface area contributed by atoms with Crippen molar-refractivity contribution >= 4 is 0 Å². The fourth-order valence-corrected chi connectivity index (χ4v) is 3.37. The first-order chi connectivity index (χ1) is 13.1. The van der Waals surface area contributed by atoms with Crippen LogP contribution in [0.15, 0.2) is 70.3 Å². The number of rotatable bonds is 4. The van der Waals surface area contributed by atoms with Gasteiger partial charge in [0.25, 0.3) is 11.1 Å². The van der Waals surface area contributed by atoms with Crippen LogP contribution >= 0.6 is 0 Å². The molecule has 27 heavy (non-hydrogen) atoms. The lowest BCUT2D eigenvalue weighted by molar-refractivity contribution is 0.832. The third kappa shape index (κ3) is 2.95.